The lowest BCUT2D eigenvalue weighted by molar-refractivity contribution is 0.474. The zero-order valence-electron chi connectivity index (χ0n) is 14.9. The number of phenols is 2. The van der Waals surface area contributed by atoms with E-state index in [0.717, 1.165) is 52.2 Å². The SMILES string of the molecule is Oc1ccc(-n2nc(-c3ccc(F)cc3)c3c2-c2ccc(O)cc2CC3)cc1. The highest BCUT2D eigenvalue weighted by atomic mass is 19.1. The fraction of sp³-hybridized carbons (Fsp3) is 0.0870. The number of nitrogens with zero attached hydrogens (tertiary/aromatic N) is 2. The molecule has 0 aliphatic heterocycles. The minimum atomic E-state index is -0.281. The molecule has 4 aromatic rings. The maximum absolute atomic E-state index is 13.4. The number of fused-ring (bicyclic) bond motifs is 3. The van der Waals surface area contributed by atoms with Gasteiger partial charge in [0.2, 0.25) is 0 Å². The Kier molecular flexibility index (Phi) is 3.69. The number of benzene rings is 3. The van der Waals surface area contributed by atoms with Gasteiger partial charge in [0.25, 0.3) is 0 Å². The van der Waals surface area contributed by atoms with Gasteiger partial charge < -0.3 is 10.2 Å². The highest BCUT2D eigenvalue weighted by molar-refractivity contribution is 5.80. The third-order valence-electron chi connectivity index (χ3n) is 5.18. The summed E-state index contributed by atoms with van der Waals surface area (Å²) < 4.78 is 15.3. The summed E-state index contributed by atoms with van der Waals surface area (Å²) in [7, 11) is 0. The predicted molar refractivity (Wildman–Crippen MR) is 105 cm³/mol. The summed E-state index contributed by atoms with van der Waals surface area (Å²) in [5, 5.41) is 24.4. The van der Waals surface area contributed by atoms with Crippen LogP contribution in [0.4, 0.5) is 4.39 Å². The standard InChI is InChI=1S/C23H17FN2O2/c24-16-4-1-14(2-5-16)22-21-11-3-15-13-19(28)10-12-20(15)23(21)26(25-22)17-6-8-18(27)9-7-17/h1-2,4-10,12-13,27-28H,3,11H2. The number of aromatic hydroxyl groups is 2. The molecule has 1 heterocycles. The van der Waals surface area contributed by atoms with Gasteiger partial charge in [-0.05, 0) is 85.1 Å². The van der Waals surface area contributed by atoms with Crippen molar-refractivity contribution in [3.05, 3.63) is 83.7 Å². The van der Waals surface area contributed by atoms with E-state index in [2.05, 4.69) is 0 Å². The van der Waals surface area contributed by atoms with Gasteiger partial charge in [-0.3, -0.25) is 0 Å². The first kappa shape index (κ1) is 16.6. The van der Waals surface area contributed by atoms with Crippen molar-refractivity contribution >= 4 is 0 Å². The quantitative estimate of drug-likeness (QED) is 0.529. The molecule has 28 heavy (non-hydrogen) atoms. The fourth-order valence-electron chi connectivity index (χ4n) is 3.86. The van der Waals surface area contributed by atoms with Crippen LogP contribution < -0.4 is 0 Å². The van der Waals surface area contributed by atoms with Crippen LogP contribution in [0.25, 0.3) is 28.2 Å². The van der Waals surface area contributed by atoms with E-state index < -0.39 is 0 Å². The van der Waals surface area contributed by atoms with Crippen LogP contribution >= 0.6 is 0 Å². The summed E-state index contributed by atoms with van der Waals surface area (Å²) in [5.74, 6) is 0.155. The van der Waals surface area contributed by atoms with Crippen LogP contribution in [0.1, 0.15) is 11.1 Å². The molecule has 138 valence electrons. The Bertz CT molecular complexity index is 1180. The lowest BCUT2D eigenvalue weighted by Gasteiger charge is -2.19. The summed E-state index contributed by atoms with van der Waals surface area (Å²) in [4.78, 5) is 0. The van der Waals surface area contributed by atoms with Gasteiger partial charge in [-0.15, -0.1) is 0 Å². The largest absolute Gasteiger partial charge is 0.508 e. The number of aryl methyl sites for hydroxylation is 1. The fourth-order valence-corrected chi connectivity index (χ4v) is 3.86. The third-order valence-corrected chi connectivity index (χ3v) is 5.18. The summed E-state index contributed by atoms with van der Waals surface area (Å²) in [5.41, 5.74) is 6.65. The first-order valence-electron chi connectivity index (χ1n) is 9.09. The van der Waals surface area contributed by atoms with Crippen molar-refractivity contribution in [2.45, 2.75) is 12.8 Å². The van der Waals surface area contributed by atoms with Crippen molar-refractivity contribution in [2.24, 2.45) is 0 Å². The van der Waals surface area contributed by atoms with E-state index >= 15 is 0 Å². The van der Waals surface area contributed by atoms with Crippen molar-refractivity contribution in [3.63, 3.8) is 0 Å². The summed E-state index contributed by atoms with van der Waals surface area (Å²) in [6.07, 6.45) is 1.57. The monoisotopic (exact) mass is 372 g/mol. The maximum atomic E-state index is 13.4. The molecular formula is C23H17FN2O2. The van der Waals surface area contributed by atoms with Gasteiger partial charge in [0.05, 0.1) is 17.1 Å². The number of aromatic nitrogens is 2. The predicted octanol–water partition coefficient (Wildman–Crippen LogP) is 4.86. The molecule has 5 rings (SSSR count). The molecule has 2 N–H and O–H groups in total. The van der Waals surface area contributed by atoms with E-state index in [1.807, 2.05) is 22.9 Å². The van der Waals surface area contributed by atoms with Crippen LogP contribution in [-0.4, -0.2) is 20.0 Å². The highest BCUT2D eigenvalue weighted by Gasteiger charge is 2.26. The number of halogens is 1. The van der Waals surface area contributed by atoms with Gasteiger partial charge >= 0.3 is 0 Å². The van der Waals surface area contributed by atoms with E-state index in [1.54, 1.807) is 36.4 Å². The Morgan fingerprint density at radius 2 is 1.54 bits per heavy atom. The summed E-state index contributed by atoms with van der Waals surface area (Å²) in [6.45, 7) is 0. The number of rotatable bonds is 2. The lowest BCUT2D eigenvalue weighted by Crippen LogP contribution is -2.07. The molecule has 1 aromatic heterocycles. The molecule has 0 amide bonds. The second-order valence-electron chi connectivity index (χ2n) is 6.95. The van der Waals surface area contributed by atoms with Crippen LogP contribution in [0, 0.1) is 5.82 Å². The van der Waals surface area contributed by atoms with E-state index in [-0.39, 0.29) is 17.3 Å². The molecule has 1 aliphatic carbocycles. The van der Waals surface area contributed by atoms with E-state index in [0.29, 0.717) is 0 Å². The van der Waals surface area contributed by atoms with E-state index in [1.165, 1.54) is 12.1 Å². The van der Waals surface area contributed by atoms with Crippen molar-refractivity contribution in [1.82, 2.24) is 9.78 Å². The second kappa shape index (κ2) is 6.23. The van der Waals surface area contributed by atoms with Gasteiger partial charge in [-0.1, -0.05) is 0 Å². The number of phenolic OH excluding ortho intramolecular Hbond substituents is 2. The zero-order valence-corrected chi connectivity index (χ0v) is 14.9. The van der Waals surface area contributed by atoms with Crippen molar-refractivity contribution in [3.8, 4) is 39.7 Å². The summed E-state index contributed by atoms with van der Waals surface area (Å²) in [6, 6.07) is 18.6. The Labute approximate surface area is 161 Å². The Morgan fingerprint density at radius 3 is 2.29 bits per heavy atom. The topological polar surface area (TPSA) is 58.3 Å². The average molecular weight is 372 g/mol. The van der Waals surface area contributed by atoms with Gasteiger partial charge in [0, 0.05) is 16.7 Å². The molecule has 0 bridgehead atoms. The van der Waals surface area contributed by atoms with Crippen LogP contribution in [0.2, 0.25) is 0 Å². The zero-order chi connectivity index (χ0) is 19.3. The van der Waals surface area contributed by atoms with Crippen molar-refractivity contribution in [1.29, 1.82) is 0 Å². The number of hydrogen-bond donors (Lipinski definition) is 2. The first-order chi connectivity index (χ1) is 13.6. The van der Waals surface area contributed by atoms with E-state index in [4.69, 9.17) is 5.10 Å². The smallest absolute Gasteiger partial charge is 0.123 e. The minimum absolute atomic E-state index is 0.189. The number of hydrogen-bond acceptors (Lipinski definition) is 3. The molecule has 3 aromatic carbocycles. The van der Waals surface area contributed by atoms with Crippen LogP contribution in [0.5, 0.6) is 11.5 Å². The normalized spacial score (nSPS) is 12.5. The lowest BCUT2D eigenvalue weighted by atomic mass is 9.87. The average Bonchev–Trinajstić information content (AvgIpc) is 3.09. The van der Waals surface area contributed by atoms with Gasteiger partial charge in [-0.25, -0.2) is 9.07 Å². The van der Waals surface area contributed by atoms with Crippen molar-refractivity contribution < 1.29 is 14.6 Å². The maximum Gasteiger partial charge on any atom is 0.123 e. The first-order valence-corrected chi connectivity index (χ1v) is 9.09. The molecule has 4 nitrogen and oxygen atoms in total. The third kappa shape index (κ3) is 2.63. The van der Waals surface area contributed by atoms with Crippen molar-refractivity contribution in [2.75, 3.05) is 0 Å². The molecule has 0 unspecified atom stereocenters. The minimum Gasteiger partial charge on any atom is -0.508 e. The highest BCUT2D eigenvalue weighted by Crippen LogP contribution is 2.41. The molecule has 0 saturated carbocycles. The Morgan fingerprint density at radius 1 is 0.821 bits per heavy atom. The van der Waals surface area contributed by atoms with Crippen LogP contribution in [0.3, 0.4) is 0 Å². The Balaban J connectivity index is 1.78. The van der Waals surface area contributed by atoms with Gasteiger partial charge in [0.1, 0.15) is 17.3 Å². The second-order valence-corrected chi connectivity index (χ2v) is 6.95. The molecule has 0 fully saturated rings. The molecule has 5 heteroatoms. The van der Waals surface area contributed by atoms with Gasteiger partial charge in [0.15, 0.2) is 0 Å². The van der Waals surface area contributed by atoms with Crippen LogP contribution in [-0.2, 0) is 12.8 Å². The molecule has 0 spiro atoms. The Hall–Kier alpha value is -3.60. The van der Waals surface area contributed by atoms with Gasteiger partial charge in [-0.2, -0.15) is 5.10 Å². The molecule has 0 saturated heterocycles. The van der Waals surface area contributed by atoms with Crippen LogP contribution in [0.15, 0.2) is 66.7 Å². The summed E-state index contributed by atoms with van der Waals surface area (Å²) >= 11 is 0. The molecule has 0 radical (unpaired) electrons. The molecule has 1 aliphatic rings. The molecular weight excluding hydrogens is 355 g/mol. The molecule has 0 atom stereocenters. The van der Waals surface area contributed by atoms with E-state index in [9.17, 15) is 14.6 Å².